The minimum atomic E-state index is 0.110. The van der Waals surface area contributed by atoms with E-state index in [2.05, 4.69) is 45.5 Å². The van der Waals surface area contributed by atoms with Crippen molar-refractivity contribution in [3.8, 4) is 0 Å². The van der Waals surface area contributed by atoms with Crippen molar-refractivity contribution in [2.45, 2.75) is 24.8 Å². The zero-order valence-electron chi connectivity index (χ0n) is 11.7. The fraction of sp³-hybridized carbons (Fsp3) is 0.294. The van der Waals surface area contributed by atoms with Gasteiger partial charge < -0.3 is 11.1 Å². The number of benzene rings is 2. The van der Waals surface area contributed by atoms with Crippen LogP contribution in [0.2, 0.25) is 5.02 Å². The summed E-state index contributed by atoms with van der Waals surface area (Å²) in [6, 6.07) is 14.6. The second-order valence-corrected chi connectivity index (χ2v) is 6.73. The average molecular weight is 366 g/mol. The Balaban J connectivity index is 1.86. The molecule has 0 aromatic heterocycles. The second kappa shape index (κ2) is 6.39. The summed E-state index contributed by atoms with van der Waals surface area (Å²) in [5, 5.41) is 4.21. The van der Waals surface area contributed by atoms with E-state index in [1.807, 2.05) is 18.2 Å². The monoisotopic (exact) mass is 364 g/mol. The molecule has 3 rings (SSSR count). The lowest BCUT2D eigenvalue weighted by atomic mass is 9.97. The molecule has 1 aliphatic rings. The fourth-order valence-electron chi connectivity index (χ4n) is 2.65. The van der Waals surface area contributed by atoms with Gasteiger partial charge in [0.2, 0.25) is 0 Å². The number of halogens is 2. The summed E-state index contributed by atoms with van der Waals surface area (Å²) in [5.74, 6) is 0.713. The normalized spacial score (nSPS) is 15.8. The molecule has 1 unspecified atom stereocenters. The summed E-state index contributed by atoms with van der Waals surface area (Å²) >= 11 is 9.57. The van der Waals surface area contributed by atoms with E-state index >= 15 is 0 Å². The molecule has 0 heterocycles. The van der Waals surface area contributed by atoms with E-state index in [1.54, 1.807) is 0 Å². The first-order valence-corrected chi connectivity index (χ1v) is 8.36. The Bertz CT molecular complexity index is 640. The minimum absolute atomic E-state index is 0.110. The van der Waals surface area contributed by atoms with Crippen molar-refractivity contribution in [3.63, 3.8) is 0 Å². The zero-order valence-corrected chi connectivity index (χ0v) is 14.0. The van der Waals surface area contributed by atoms with Crippen molar-refractivity contribution in [3.05, 3.63) is 63.1 Å². The molecule has 2 nitrogen and oxygen atoms in total. The van der Waals surface area contributed by atoms with Gasteiger partial charge in [-0.25, -0.2) is 0 Å². The van der Waals surface area contributed by atoms with Crippen LogP contribution in [0.5, 0.6) is 0 Å². The lowest BCUT2D eigenvalue weighted by Crippen LogP contribution is -2.21. The molecule has 0 saturated heterocycles. The molecule has 2 aromatic carbocycles. The van der Waals surface area contributed by atoms with Crippen LogP contribution in [0.15, 0.2) is 46.9 Å². The fourth-order valence-corrected chi connectivity index (χ4v) is 3.07. The molecule has 0 radical (unpaired) electrons. The molecule has 0 spiro atoms. The molecular weight excluding hydrogens is 348 g/mol. The SMILES string of the molecule is NCC(Nc1ccc(Br)c(Cl)c1)c1ccccc1C1CC1. The summed E-state index contributed by atoms with van der Waals surface area (Å²) in [7, 11) is 0. The lowest BCUT2D eigenvalue weighted by Gasteiger charge is -2.22. The van der Waals surface area contributed by atoms with E-state index in [4.69, 9.17) is 17.3 Å². The Kier molecular flexibility index (Phi) is 4.53. The molecule has 3 N–H and O–H groups in total. The zero-order chi connectivity index (χ0) is 14.8. The van der Waals surface area contributed by atoms with Gasteiger partial charge in [0.05, 0.1) is 11.1 Å². The number of hydrogen-bond acceptors (Lipinski definition) is 2. The number of nitrogens with two attached hydrogens (primary N) is 1. The van der Waals surface area contributed by atoms with Gasteiger partial charge in [-0.05, 0) is 64.0 Å². The van der Waals surface area contributed by atoms with E-state index in [9.17, 15) is 0 Å². The third kappa shape index (κ3) is 3.42. The maximum absolute atomic E-state index is 6.16. The molecule has 0 amide bonds. The molecule has 2 aromatic rings. The van der Waals surface area contributed by atoms with Crippen molar-refractivity contribution in [2.24, 2.45) is 5.73 Å². The van der Waals surface area contributed by atoms with Crippen LogP contribution in [0, 0.1) is 0 Å². The van der Waals surface area contributed by atoms with Gasteiger partial charge in [0.25, 0.3) is 0 Å². The Morgan fingerprint density at radius 3 is 2.67 bits per heavy atom. The van der Waals surface area contributed by atoms with Crippen LogP contribution in [-0.4, -0.2) is 6.54 Å². The highest BCUT2D eigenvalue weighted by Gasteiger charge is 2.27. The molecular formula is C17H18BrClN2. The first-order valence-electron chi connectivity index (χ1n) is 7.19. The third-order valence-corrected chi connectivity index (χ3v) is 5.12. The highest BCUT2D eigenvalue weighted by molar-refractivity contribution is 9.10. The highest BCUT2D eigenvalue weighted by atomic mass is 79.9. The number of rotatable bonds is 5. The van der Waals surface area contributed by atoms with Crippen LogP contribution >= 0.6 is 27.5 Å². The molecule has 4 heteroatoms. The van der Waals surface area contributed by atoms with Crippen LogP contribution in [0.1, 0.15) is 35.9 Å². The van der Waals surface area contributed by atoms with Crippen molar-refractivity contribution >= 4 is 33.2 Å². The van der Waals surface area contributed by atoms with Crippen LogP contribution in [0.25, 0.3) is 0 Å². The van der Waals surface area contributed by atoms with Gasteiger partial charge >= 0.3 is 0 Å². The van der Waals surface area contributed by atoms with Crippen LogP contribution in [0.3, 0.4) is 0 Å². The molecule has 1 fully saturated rings. The van der Waals surface area contributed by atoms with E-state index in [1.165, 1.54) is 24.0 Å². The van der Waals surface area contributed by atoms with Gasteiger partial charge in [0.1, 0.15) is 0 Å². The second-order valence-electron chi connectivity index (χ2n) is 5.46. The van der Waals surface area contributed by atoms with E-state index in [0.717, 1.165) is 10.2 Å². The topological polar surface area (TPSA) is 38.0 Å². The number of hydrogen-bond donors (Lipinski definition) is 2. The van der Waals surface area contributed by atoms with Gasteiger partial charge in [-0.15, -0.1) is 0 Å². The third-order valence-electron chi connectivity index (χ3n) is 3.88. The van der Waals surface area contributed by atoms with Crippen molar-refractivity contribution in [1.29, 1.82) is 0 Å². The first-order chi connectivity index (χ1) is 10.2. The predicted molar refractivity (Wildman–Crippen MR) is 93.0 cm³/mol. The summed E-state index contributed by atoms with van der Waals surface area (Å²) in [4.78, 5) is 0. The Labute approximate surface area is 138 Å². The summed E-state index contributed by atoms with van der Waals surface area (Å²) in [6.07, 6.45) is 2.58. The Morgan fingerprint density at radius 2 is 2.00 bits per heavy atom. The van der Waals surface area contributed by atoms with Crippen molar-refractivity contribution in [2.75, 3.05) is 11.9 Å². The maximum Gasteiger partial charge on any atom is 0.0638 e. The number of nitrogens with one attached hydrogen (secondary N) is 1. The average Bonchev–Trinajstić information content (AvgIpc) is 3.33. The Hall–Kier alpha value is -1.03. The van der Waals surface area contributed by atoms with Gasteiger partial charge in [-0.1, -0.05) is 35.9 Å². The van der Waals surface area contributed by atoms with Crippen molar-refractivity contribution < 1.29 is 0 Å². The summed E-state index contributed by atoms with van der Waals surface area (Å²) in [6.45, 7) is 0.553. The quantitative estimate of drug-likeness (QED) is 0.774. The largest absolute Gasteiger partial charge is 0.377 e. The van der Waals surface area contributed by atoms with Crippen LogP contribution < -0.4 is 11.1 Å². The summed E-state index contributed by atoms with van der Waals surface area (Å²) < 4.78 is 0.900. The smallest absolute Gasteiger partial charge is 0.0638 e. The van der Waals surface area contributed by atoms with Gasteiger partial charge in [0.15, 0.2) is 0 Å². The predicted octanol–water partition coefficient (Wildman–Crippen LogP) is 5.09. The minimum Gasteiger partial charge on any atom is -0.377 e. The van der Waals surface area contributed by atoms with Gasteiger partial charge in [-0.2, -0.15) is 0 Å². The molecule has 0 aliphatic heterocycles. The summed E-state index contributed by atoms with van der Waals surface area (Å²) in [5.41, 5.74) is 9.74. The van der Waals surface area contributed by atoms with E-state index in [-0.39, 0.29) is 6.04 Å². The van der Waals surface area contributed by atoms with Crippen LogP contribution in [0.4, 0.5) is 5.69 Å². The molecule has 1 saturated carbocycles. The van der Waals surface area contributed by atoms with E-state index < -0.39 is 0 Å². The molecule has 1 aliphatic carbocycles. The lowest BCUT2D eigenvalue weighted by molar-refractivity contribution is 0.776. The van der Waals surface area contributed by atoms with Crippen LogP contribution in [-0.2, 0) is 0 Å². The molecule has 21 heavy (non-hydrogen) atoms. The first kappa shape index (κ1) is 14.9. The molecule has 0 bridgehead atoms. The van der Waals surface area contributed by atoms with Crippen molar-refractivity contribution in [1.82, 2.24) is 0 Å². The molecule has 1 atom stereocenters. The van der Waals surface area contributed by atoms with Gasteiger partial charge in [0, 0.05) is 16.7 Å². The Morgan fingerprint density at radius 1 is 1.24 bits per heavy atom. The van der Waals surface area contributed by atoms with Gasteiger partial charge in [-0.3, -0.25) is 0 Å². The van der Waals surface area contributed by atoms with E-state index in [0.29, 0.717) is 17.5 Å². The standard InChI is InChI=1S/C17H18BrClN2/c18-15-8-7-12(9-16(15)19)21-17(10-20)14-4-2-1-3-13(14)11-5-6-11/h1-4,7-9,11,17,21H,5-6,10,20H2. The maximum atomic E-state index is 6.16. The number of anilines is 1. The molecule has 110 valence electrons. The highest BCUT2D eigenvalue weighted by Crippen LogP contribution is 2.43.